The fraction of sp³-hybridized carbons (Fsp3) is 0.467. The Hall–Kier alpha value is -1.95. The zero-order valence-electron chi connectivity index (χ0n) is 12.5. The third-order valence-corrected chi connectivity index (χ3v) is 3.59. The molecule has 0 aliphatic carbocycles. The van der Waals surface area contributed by atoms with Gasteiger partial charge in [0.25, 0.3) is 5.91 Å². The van der Waals surface area contributed by atoms with Gasteiger partial charge in [0.15, 0.2) is 0 Å². The summed E-state index contributed by atoms with van der Waals surface area (Å²) in [6.07, 6.45) is 0. The first-order chi connectivity index (χ1) is 9.91. The fourth-order valence-electron chi connectivity index (χ4n) is 2.41. The van der Waals surface area contributed by atoms with Gasteiger partial charge in [0, 0.05) is 33.7 Å². The SMILES string of the molecule is Cc1ccc(C(=O)N2CCNCC2C(=O)N(C)C)c(F)c1. The van der Waals surface area contributed by atoms with E-state index in [1.54, 1.807) is 27.1 Å². The number of hydrogen-bond donors (Lipinski definition) is 1. The Labute approximate surface area is 123 Å². The van der Waals surface area contributed by atoms with Crippen LogP contribution in [0.2, 0.25) is 0 Å². The molecule has 1 aromatic rings. The smallest absolute Gasteiger partial charge is 0.257 e. The van der Waals surface area contributed by atoms with Crippen molar-refractivity contribution >= 4 is 11.8 Å². The van der Waals surface area contributed by atoms with Crippen molar-refractivity contribution in [3.05, 3.63) is 35.1 Å². The molecule has 1 fully saturated rings. The molecular weight excluding hydrogens is 273 g/mol. The third kappa shape index (κ3) is 3.21. The van der Waals surface area contributed by atoms with Crippen LogP contribution in [0, 0.1) is 12.7 Å². The van der Waals surface area contributed by atoms with Crippen LogP contribution in [0.4, 0.5) is 4.39 Å². The van der Waals surface area contributed by atoms with Gasteiger partial charge < -0.3 is 15.1 Å². The predicted molar refractivity (Wildman–Crippen MR) is 77.5 cm³/mol. The lowest BCUT2D eigenvalue weighted by Gasteiger charge is -2.36. The standard InChI is InChI=1S/C15H20FN3O2/c1-10-4-5-11(12(16)8-10)14(20)19-7-6-17-9-13(19)15(21)18(2)3/h4-5,8,13,17H,6-7,9H2,1-3H3. The first-order valence-corrected chi connectivity index (χ1v) is 6.91. The molecule has 1 aliphatic rings. The van der Waals surface area contributed by atoms with Crippen LogP contribution in [0.25, 0.3) is 0 Å². The number of aryl methyl sites for hydroxylation is 1. The van der Waals surface area contributed by atoms with Gasteiger partial charge >= 0.3 is 0 Å². The van der Waals surface area contributed by atoms with Gasteiger partial charge in [0.2, 0.25) is 5.91 Å². The van der Waals surface area contributed by atoms with E-state index in [-0.39, 0.29) is 11.5 Å². The average molecular weight is 293 g/mol. The third-order valence-electron chi connectivity index (χ3n) is 3.59. The number of amides is 2. The molecule has 2 amide bonds. The Morgan fingerprint density at radius 2 is 2.10 bits per heavy atom. The summed E-state index contributed by atoms with van der Waals surface area (Å²) in [7, 11) is 3.29. The highest BCUT2D eigenvalue weighted by Crippen LogP contribution is 2.16. The molecule has 5 nitrogen and oxygen atoms in total. The van der Waals surface area contributed by atoms with Gasteiger partial charge in [-0.1, -0.05) is 6.07 Å². The maximum absolute atomic E-state index is 14.0. The van der Waals surface area contributed by atoms with Gasteiger partial charge in [-0.05, 0) is 24.6 Å². The summed E-state index contributed by atoms with van der Waals surface area (Å²) >= 11 is 0. The number of carbonyl (C=O) groups excluding carboxylic acids is 2. The van der Waals surface area contributed by atoms with E-state index >= 15 is 0 Å². The second kappa shape index (κ2) is 6.22. The van der Waals surface area contributed by atoms with E-state index in [2.05, 4.69) is 5.32 Å². The van der Waals surface area contributed by atoms with Crippen LogP contribution in [0.5, 0.6) is 0 Å². The lowest BCUT2D eigenvalue weighted by molar-refractivity contribution is -0.134. The van der Waals surface area contributed by atoms with Crippen molar-refractivity contribution < 1.29 is 14.0 Å². The normalized spacial score (nSPS) is 18.5. The Bertz CT molecular complexity index is 560. The van der Waals surface area contributed by atoms with E-state index in [4.69, 9.17) is 0 Å². The lowest BCUT2D eigenvalue weighted by Crippen LogP contribution is -2.59. The maximum Gasteiger partial charge on any atom is 0.257 e. The molecule has 6 heteroatoms. The first-order valence-electron chi connectivity index (χ1n) is 6.91. The highest BCUT2D eigenvalue weighted by atomic mass is 19.1. The summed E-state index contributed by atoms with van der Waals surface area (Å²) in [5.41, 5.74) is 0.768. The fourth-order valence-corrected chi connectivity index (χ4v) is 2.41. The van der Waals surface area contributed by atoms with Crippen LogP contribution in [-0.4, -0.2) is 61.4 Å². The monoisotopic (exact) mass is 293 g/mol. The van der Waals surface area contributed by atoms with Gasteiger partial charge in [-0.15, -0.1) is 0 Å². The molecule has 0 saturated carbocycles. The van der Waals surface area contributed by atoms with E-state index in [9.17, 15) is 14.0 Å². The van der Waals surface area contributed by atoms with Gasteiger partial charge in [-0.25, -0.2) is 4.39 Å². The minimum absolute atomic E-state index is 0.0130. The van der Waals surface area contributed by atoms with Crippen molar-refractivity contribution in [3.8, 4) is 0 Å². The minimum Gasteiger partial charge on any atom is -0.347 e. The molecule has 1 aromatic carbocycles. The van der Waals surface area contributed by atoms with Crippen molar-refractivity contribution in [1.29, 1.82) is 0 Å². The Morgan fingerprint density at radius 1 is 1.38 bits per heavy atom. The molecule has 1 aliphatic heterocycles. The quantitative estimate of drug-likeness (QED) is 0.870. The Morgan fingerprint density at radius 3 is 2.71 bits per heavy atom. The first kappa shape index (κ1) is 15.4. The number of hydrogen-bond acceptors (Lipinski definition) is 3. The van der Waals surface area contributed by atoms with Crippen LogP contribution in [-0.2, 0) is 4.79 Å². The second-order valence-electron chi connectivity index (χ2n) is 5.43. The number of rotatable bonds is 2. The van der Waals surface area contributed by atoms with E-state index in [1.807, 2.05) is 0 Å². The van der Waals surface area contributed by atoms with Crippen molar-refractivity contribution in [3.63, 3.8) is 0 Å². The van der Waals surface area contributed by atoms with E-state index in [0.29, 0.717) is 19.6 Å². The number of nitrogens with one attached hydrogen (secondary N) is 1. The zero-order valence-corrected chi connectivity index (χ0v) is 12.5. The number of benzene rings is 1. The second-order valence-corrected chi connectivity index (χ2v) is 5.43. The summed E-state index contributed by atoms with van der Waals surface area (Å²) < 4.78 is 14.0. The van der Waals surface area contributed by atoms with Crippen molar-refractivity contribution in [2.24, 2.45) is 0 Å². The number of piperazine rings is 1. The Balaban J connectivity index is 2.28. The summed E-state index contributed by atoms with van der Waals surface area (Å²) in [6.45, 7) is 3.13. The highest BCUT2D eigenvalue weighted by molar-refractivity contribution is 5.98. The van der Waals surface area contributed by atoms with Crippen LogP contribution in [0.15, 0.2) is 18.2 Å². The molecule has 1 atom stereocenters. The maximum atomic E-state index is 14.0. The minimum atomic E-state index is -0.595. The van der Waals surface area contributed by atoms with Crippen LogP contribution in [0.1, 0.15) is 15.9 Å². The van der Waals surface area contributed by atoms with Crippen molar-refractivity contribution in [2.45, 2.75) is 13.0 Å². The predicted octanol–water partition coefficient (Wildman–Crippen LogP) is 0.636. The molecule has 21 heavy (non-hydrogen) atoms. The molecule has 1 unspecified atom stereocenters. The number of halogens is 1. The Kier molecular flexibility index (Phi) is 4.57. The van der Waals surface area contributed by atoms with Crippen LogP contribution < -0.4 is 5.32 Å². The molecule has 2 rings (SSSR count). The van der Waals surface area contributed by atoms with Crippen molar-refractivity contribution in [1.82, 2.24) is 15.1 Å². The zero-order chi connectivity index (χ0) is 15.6. The molecule has 114 valence electrons. The molecule has 0 spiro atoms. The largest absolute Gasteiger partial charge is 0.347 e. The highest BCUT2D eigenvalue weighted by Gasteiger charge is 2.34. The molecule has 0 radical (unpaired) electrons. The summed E-state index contributed by atoms with van der Waals surface area (Å²) in [4.78, 5) is 27.6. The molecule has 1 saturated heterocycles. The van der Waals surface area contributed by atoms with Crippen LogP contribution >= 0.6 is 0 Å². The van der Waals surface area contributed by atoms with E-state index in [1.165, 1.54) is 21.9 Å². The average Bonchev–Trinajstić information content (AvgIpc) is 2.45. The van der Waals surface area contributed by atoms with Gasteiger partial charge in [-0.2, -0.15) is 0 Å². The number of likely N-dealkylation sites (N-methyl/N-ethyl adjacent to an activating group) is 1. The molecular formula is C15H20FN3O2. The molecule has 0 aromatic heterocycles. The number of carbonyl (C=O) groups is 2. The molecule has 0 bridgehead atoms. The van der Waals surface area contributed by atoms with Crippen molar-refractivity contribution in [2.75, 3.05) is 33.7 Å². The summed E-state index contributed by atoms with van der Waals surface area (Å²) in [6, 6.07) is 3.91. The molecule has 1 N–H and O–H groups in total. The van der Waals surface area contributed by atoms with Gasteiger partial charge in [0.05, 0.1) is 5.56 Å². The van der Waals surface area contributed by atoms with Crippen LogP contribution in [0.3, 0.4) is 0 Å². The van der Waals surface area contributed by atoms with Gasteiger partial charge in [-0.3, -0.25) is 9.59 Å². The number of nitrogens with zero attached hydrogens (tertiary/aromatic N) is 2. The lowest BCUT2D eigenvalue weighted by atomic mass is 10.1. The van der Waals surface area contributed by atoms with E-state index in [0.717, 1.165) is 5.56 Å². The van der Waals surface area contributed by atoms with Gasteiger partial charge in [0.1, 0.15) is 11.9 Å². The topological polar surface area (TPSA) is 52.7 Å². The van der Waals surface area contributed by atoms with E-state index < -0.39 is 17.8 Å². The molecule has 1 heterocycles. The summed E-state index contributed by atoms with van der Waals surface area (Å²) in [5.74, 6) is -1.15. The summed E-state index contributed by atoms with van der Waals surface area (Å²) in [5, 5.41) is 3.10.